The predicted molar refractivity (Wildman–Crippen MR) is 119 cm³/mol. The van der Waals surface area contributed by atoms with Gasteiger partial charge in [0.25, 0.3) is 0 Å². The molecule has 0 amide bonds. The van der Waals surface area contributed by atoms with E-state index in [2.05, 4.69) is 90.1 Å². The van der Waals surface area contributed by atoms with Gasteiger partial charge in [-0.1, -0.05) is 84.0 Å². The normalized spacial score (nSPS) is 14.5. The molecule has 2 heteroatoms. The number of ether oxygens (including phenoxy) is 2. The van der Waals surface area contributed by atoms with E-state index in [4.69, 9.17) is 9.47 Å². The Labute approximate surface area is 172 Å². The van der Waals surface area contributed by atoms with Crippen LogP contribution in [0.3, 0.4) is 0 Å². The molecule has 0 bridgehead atoms. The van der Waals surface area contributed by atoms with Crippen LogP contribution in [0.15, 0.2) is 54.6 Å². The van der Waals surface area contributed by atoms with Crippen LogP contribution in [0, 0.1) is 10.8 Å². The second kappa shape index (κ2) is 9.60. The highest BCUT2D eigenvalue weighted by Gasteiger charge is 2.30. The van der Waals surface area contributed by atoms with Crippen LogP contribution in [-0.2, 0) is 11.2 Å². The quantitative estimate of drug-likeness (QED) is 0.448. The van der Waals surface area contributed by atoms with E-state index >= 15 is 0 Å². The summed E-state index contributed by atoms with van der Waals surface area (Å²) < 4.78 is 11.8. The summed E-state index contributed by atoms with van der Waals surface area (Å²) in [6.07, 6.45) is 1.80. The first-order valence-electron chi connectivity index (χ1n) is 10.5. The van der Waals surface area contributed by atoms with Gasteiger partial charge in [0.05, 0.1) is 6.61 Å². The van der Waals surface area contributed by atoms with Gasteiger partial charge in [-0.2, -0.15) is 0 Å². The number of hydrogen-bond acceptors (Lipinski definition) is 2. The first-order valence-corrected chi connectivity index (χ1v) is 10.5. The molecule has 0 fully saturated rings. The highest BCUT2D eigenvalue weighted by molar-refractivity contribution is 5.30. The molecular weight excluding hydrogens is 344 g/mol. The zero-order valence-corrected chi connectivity index (χ0v) is 18.8. The van der Waals surface area contributed by atoms with Crippen molar-refractivity contribution in [2.24, 2.45) is 10.8 Å². The fourth-order valence-electron chi connectivity index (χ4n) is 3.53. The third kappa shape index (κ3) is 7.67. The summed E-state index contributed by atoms with van der Waals surface area (Å²) in [5, 5.41) is 0. The molecule has 2 unspecified atom stereocenters. The summed E-state index contributed by atoms with van der Waals surface area (Å²) >= 11 is 0. The van der Waals surface area contributed by atoms with Gasteiger partial charge in [-0.15, -0.1) is 0 Å². The van der Waals surface area contributed by atoms with E-state index < -0.39 is 0 Å². The Morgan fingerprint density at radius 1 is 0.821 bits per heavy atom. The van der Waals surface area contributed by atoms with Crippen LogP contribution >= 0.6 is 0 Å². The van der Waals surface area contributed by atoms with Crippen molar-refractivity contribution in [3.05, 3.63) is 65.7 Å². The van der Waals surface area contributed by atoms with Gasteiger partial charge in [-0.25, -0.2) is 0 Å². The standard InChI is InChI=1S/C26H38O2/c1-20(27-18-17-21-11-9-8-10-12-21)28-23-15-13-22(14-16-23)24(26(5,6)7)19-25(2,3)4/h8-16,20,24H,17-19H2,1-7H3. The van der Waals surface area contributed by atoms with Gasteiger partial charge < -0.3 is 9.47 Å². The van der Waals surface area contributed by atoms with Crippen molar-refractivity contribution in [2.45, 2.75) is 73.5 Å². The van der Waals surface area contributed by atoms with Crippen molar-refractivity contribution in [3.63, 3.8) is 0 Å². The molecule has 0 heterocycles. The van der Waals surface area contributed by atoms with Crippen LogP contribution < -0.4 is 4.74 Å². The maximum absolute atomic E-state index is 5.95. The first-order chi connectivity index (χ1) is 13.0. The second-order valence-corrected chi connectivity index (χ2v) is 10.0. The number of benzene rings is 2. The van der Waals surface area contributed by atoms with E-state index in [1.165, 1.54) is 11.1 Å². The second-order valence-electron chi connectivity index (χ2n) is 10.0. The molecule has 0 aromatic heterocycles. The minimum absolute atomic E-state index is 0.226. The molecule has 28 heavy (non-hydrogen) atoms. The van der Waals surface area contributed by atoms with Crippen LogP contribution in [0.25, 0.3) is 0 Å². The molecular formula is C26H38O2. The van der Waals surface area contributed by atoms with Crippen molar-refractivity contribution in [1.82, 2.24) is 0 Å². The topological polar surface area (TPSA) is 18.5 Å². The van der Waals surface area contributed by atoms with Crippen LogP contribution in [0.1, 0.15) is 71.9 Å². The summed E-state index contributed by atoms with van der Waals surface area (Å²) in [5.74, 6) is 1.38. The fourth-order valence-corrected chi connectivity index (χ4v) is 3.53. The lowest BCUT2D eigenvalue weighted by Gasteiger charge is -2.36. The molecule has 0 saturated carbocycles. The maximum atomic E-state index is 5.95. The molecule has 0 radical (unpaired) electrons. The summed E-state index contributed by atoms with van der Waals surface area (Å²) in [6, 6.07) is 19.0. The lowest BCUT2D eigenvalue weighted by Crippen LogP contribution is -2.24. The lowest BCUT2D eigenvalue weighted by molar-refractivity contribution is -0.0654. The Balaban J connectivity index is 1.91. The molecule has 0 saturated heterocycles. The van der Waals surface area contributed by atoms with Crippen molar-refractivity contribution in [1.29, 1.82) is 0 Å². The SMILES string of the molecule is CC(OCCc1ccccc1)Oc1ccc(C(CC(C)(C)C)C(C)(C)C)cc1. The number of rotatable bonds is 8. The third-order valence-corrected chi connectivity index (χ3v) is 5.03. The van der Waals surface area contributed by atoms with Crippen molar-refractivity contribution < 1.29 is 9.47 Å². The molecule has 154 valence electrons. The van der Waals surface area contributed by atoms with Crippen molar-refractivity contribution >= 4 is 0 Å². The highest BCUT2D eigenvalue weighted by Crippen LogP contribution is 2.43. The minimum Gasteiger partial charge on any atom is -0.465 e. The molecule has 2 nitrogen and oxygen atoms in total. The Morgan fingerprint density at radius 2 is 1.43 bits per heavy atom. The Bertz CT molecular complexity index is 690. The first kappa shape index (κ1) is 22.5. The number of hydrogen-bond donors (Lipinski definition) is 0. The Hall–Kier alpha value is -1.80. The van der Waals surface area contributed by atoms with Gasteiger partial charge in [-0.3, -0.25) is 0 Å². The molecule has 0 aliphatic carbocycles. The van der Waals surface area contributed by atoms with E-state index in [1.54, 1.807) is 0 Å². The summed E-state index contributed by atoms with van der Waals surface area (Å²) in [5.41, 5.74) is 3.19. The van der Waals surface area contributed by atoms with Crippen LogP contribution in [-0.4, -0.2) is 12.9 Å². The average molecular weight is 383 g/mol. The van der Waals surface area contributed by atoms with Gasteiger partial charge in [-0.05, 0) is 59.8 Å². The fraction of sp³-hybridized carbons (Fsp3) is 0.538. The van der Waals surface area contributed by atoms with E-state index in [-0.39, 0.29) is 11.7 Å². The maximum Gasteiger partial charge on any atom is 0.196 e. The summed E-state index contributed by atoms with van der Waals surface area (Å²) in [4.78, 5) is 0. The Kier molecular flexibility index (Phi) is 7.71. The van der Waals surface area contributed by atoms with Gasteiger partial charge in [0.2, 0.25) is 0 Å². The smallest absolute Gasteiger partial charge is 0.196 e. The van der Waals surface area contributed by atoms with Crippen molar-refractivity contribution in [3.8, 4) is 5.75 Å². The van der Waals surface area contributed by atoms with E-state index in [9.17, 15) is 0 Å². The molecule has 2 rings (SSSR count). The third-order valence-electron chi connectivity index (χ3n) is 5.03. The molecule has 0 aliphatic rings. The van der Waals surface area contributed by atoms with Gasteiger partial charge in [0.15, 0.2) is 6.29 Å². The average Bonchev–Trinajstić information content (AvgIpc) is 2.60. The summed E-state index contributed by atoms with van der Waals surface area (Å²) in [7, 11) is 0. The highest BCUT2D eigenvalue weighted by atomic mass is 16.7. The van der Waals surface area contributed by atoms with Gasteiger partial charge >= 0.3 is 0 Å². The van der Waals surface area contributed by atoms with Gasteiger partial charge in [0.1, 0.15) is 5.75 Å². The molecule has 2 atom stereocenters. The van der Waals surface area contributed by atoms with E-state index in [1.807, 2.05) is 13.0 Å². The van der Waals surface area contributed by atoms with E-state index in [0.29, 0.717) is 17.9 Å². The lowest BCUT2D eigenvalue weighted by atomic mass is 9.69. The van der Waals surface area contributed by atoms with Crippen LogP contribution in [0.2, 0.25) is 0 Å². The molecule has 2 aromatic carbocycles. The zero-order chi connectivity index (χ0) is 20.8. The van der Waals surface area contributed by atoms with Gasteiger partial charge in [0, 0.05) is 0 Å². The molecule has 2 aromatic rings. The van der Waals surface area contributed by atoms with E-state index in [0.717, 1.165) is 18.6 Å². The largest absolute Gasteiger partial charge is 0.465 e. The predicted octanol–water partition coefficient (Wildman–Crippen LogP) is 7.24. The molecule has 0 N–H and O–H groups in total. The summed E-state index contributed by atoms with van der Waals surface area (Å²) in [6.45, 7) is 16.5. The Morgan fingerprint density at radius 3 is 1.96 bits per heavy atom. The molecule has 0 aliphatic heterocycles. The minimum atomic E-state index is -0.262. The monoisotopic (exact) mass is 382 g/mol. The van der Waals surface area contributed by atoms with Crippen LogP contribution in [0.4, 0.5) is 0 Å². The van der Waals surface area contributed by atoms with Crippen molar-refractivity contribution in [2.75, 3.05) is 6.61 Å². The zero-order valence-electron chi connectivity index (χ0n) is 18.8. The molecule has 0 spiro atoms. The van der Waals surface area contributed by atoms with Crippen LogP contribution in [0.5, 0.6) is 5.75 Å².